The predicted octanol–water partition coefficient (Wildman–Crippen LogP) is 2.51. The zero-order chi connectivity index (χ0) is 13.0. The molecule has 0 aliphatic carbocycles. The Morgan fingerprint density at radius 1 is 1.61 bits per heavy atom. The van der Waals surface area contributed by atoms with Gasteiger partial charge in [-0.3, -0.25) is 4.79 Å². The van der Waals surface area contributed by atoms with Crippen LogP contribution < -0.4 is 0 Å². The smallest absolute Gasteiger partial charge is 0.233 e. The Labute approximate surface area is 115 Å². The molecule has 4 nitrogen and oxygen atoms in total. The fourth-order valence-electron chi connectivity index (χ4n) is 1.95. The first-order valence-corrected chi connectivity index (χ1v) is 7.90. The highest BCUT2D eigenvalue weighted by molar-refractivity contribution is 8.01. The van der Waals surface area contributed by atoms with Gasteiger partial charge < -0.3 is 4.90 Å². The summed E-state index contributed by atoms with van der Waals surface area (Å²) in [6.45, 7) is 4.82. The van der Waals surface area contributed by atoms with E-state index in [9.17, 15) is 4.79 Å². The van der Waals surface area contributed by atoms with E-state index >= 15 is 0 Å². The van der Waals surface area contributed by atoms with E-state index in [-0.39, 0.29) is 5.91 Å². The summed E-state index contributed by atoms with van der Waals surface area (Å²) in [4.78, 5) is 14.1. The van der Waals surface area contributed by atoms with Gasteiger partial charge in [0.25, 0.3) is 0 Å². The van der Waals surface area contributed by atoms with Crippen molar-refractivity contribution in [2.24, 2.45) is 0 Å². The number of hydrogen-bond donors (Lipinski definition) is 0. The van der Waals surface area contributed by atoms with Crippen molar-refractivity contribution in [1.29, 1.82) is 0 Å². The monoisotopic (exact) mass is 283 g/mol. The molecule has 0 spiro atoms. The minimum absolute atomic E-state index is 0.191. The van der Waals surface area contributed by atoms with Gasteiger partial charge in [0.05, 0.1) is 11.8 Å². The second-order valence-electron chi connectivity index (χ2n) is 4.21. The first kappa shape index (κ1) is 13.5. The lowest BCUT2D eigenvalue weighted by Gasteiger charge is -2.23. The van der Waals surface area contributed by atoms with E-state index in [1.165, 1.54) is 23.1 Å². The number of carbonyl (C=O) groups excluding carboxylic acids is 1. The van der Waals surface area contributed by atoms with E-state index in [1.807, 2.05) is 11.8 Å². The summed E-state index contributed by atoms with van der Waals surface area (Å²) in [6, 6.07) is 0.291. The molecule has 0 aromatic carbocycles. The van der Waals surface area contributed by atoms with Gasteiger partial charge in [-0.25, -0.2) is 0 Å². The molecular weight excluding hydrogens is 266 g/mol. The molecule has 0 bridgehead atoms. The average Bonchev–Trinajstić information content (AvgIpc) is 2.96. The Kier molecular flexibility index (Phi) is 4.77. The highest BCUT2D eigenvalue weighted by Crippen LogP contribution is 2.23. The van der Waals surface area contributed by atoms with Gasteiger partial charge in [0.2, 0.25) is 5.91 Å². The highest BCUT2D eigenvalue weighted by Gasteiger charge is 2.23. The van der Waals surface area contributed by atoms with Crippen LogP contribution in [0.4, 0.5) is 0 Å². The molecule has 98 valence electrons. The topological polar surface area (TPSA) is 46.1 Å². The number of carbonyl (C=O) groups is 1. The summed E-state index contributed by atoms with van der Waals surface area (Å²) in [5, 5.41) is 8.90. The molecule has 0 fully saturated rings. The van der Waals surface area contributed by atoms with Crippen molar-refractivity contribution in [3.8, 4) is 0 Å². The number of nitrogens with zero attached hydrogens (tertiary/aromatic N) is 3. The zero-order valence-corrected chi connectivity index (χ0v) is 12.3. The Morgan fingerprint density at radius 3 is 3.11 bits per heavy atom. The third-order valence-electron chi connectivity index (χ3n) is 2.79. The van der Waals surface area contributed by atoms with Crippen molar-refractivity contribution < 1.29 is 4.79 Å². The minimum atomic E-state index is 0.191. The van der Waals surface area contributed by atoms with Gasteiger partial charge in [0.15, 0.2) is 4.34 Å². The largest absolute Gasteiger partial charge is 0.332 e. The Bertz CT molecular complexity index is 444. The zero-order valence-electron chi connectivity index (χ0n) is 10.6. The van der Waals surface area contributed by atoms with E-state index < -0.39 is 0 Å². The van der Waals surface area contributed by atoms with Crippen LogP contribution in [0.3, 0.4) is 0 Å². The lowest BCUT2D eigenvalue weighted by Crippen LogP contribution is -2.37. The molecule has 18 heavy (non-hydrogen) atoms. The highest BCUT2D eigenvalue weighted by atomic mass is 32.2. The molecule has 1 aliphatic heterocycles. The van der Waals surface area contributed by atoms with Gasteiger partial charge in [-0.2, -0.15) is 0 Å². The van der Waals surface area contributed by atoms with Gasteiger partial charge in [-0.15, -0.1) is 10.2 Å². The molecule has 1 amide bonds. The molecule has 2 heterocycles. The maximum Gasteiger partial charge on any atom is 0.233 e. The molecule has 6 heteroatoms. The molecule has 0 saturated carbocycles. The molecule has 1 unspecified atom stereocenters. The molecule has 0 N–H and O–H groups in total. The van der Waals surface area contributed by atoms with Crippen LogP contribution in [0.2, 0.25) is 0 Å². The van der Waals surface area contributed by atoms with Crippen molar-refractivity contribution in [2.45, 2.75) is 37.1 Å². The maximum absolute atomic E-state index is 12.1. The molecule has 1 atom stereocenters. The summed E-state index contributed by atoms with van der Waals surface area (Å²) in [5.74, 6) is 0.646. The molecule has 2 rings (SSSR count). The van der Waals surface area contributed by atoms with Crippen molar-refractivity contribution in [1.82, 2.24) is 15.1 Å². The SMILES string of the molecule is CCCC1C=CCN1C(=O)CSc1nnc(C)s1. The van der Waals surface area contributed by atoms with Crippen molar-refractivity contribution in [3.63, 3.8) is 0 Å². The second-order valence-corrected chi connectivity index (χ2v) is 6.61. The molecular formula is C12H17N3OS2. The van der Waals surface area contributed by atoms with E-state index in [0.717, 1.165) is 28.7 Å². The summed E-state index contributed by atoms with van der Waals surface area (Å²) in [7, 11) is 0. The number of amides is 1. The molecule has 1 aromatic rings. The standard InChI is InChI=1S/C12H17N3OS2/c1-3-5-10-6-4-7-15(10)11(16)8-17-12-14-13-9(2)18-12/h4,6,10H,3,5,7-8H2,1-2H3. The van der Waals surface area contributed by atoms with Gasteiger partial charge in [-0.1, -0.05) is 48.6 Å². The predicted molar refractivity (Wildman–Crippen MR) is 74.9 cm³/mol. The van der Waals surface area contributed by atoms with Crippen LogP contribution in [0.5, 0.6) is 0 Å². The summed E-state index contributed by atoms with van der Waals surface area (Å²) >= 11 is 3.02. The van der Waals surface area contributed by atoms with Crippen LogP contribution in [-0.4, -0.2) is 39.3 Å². The van der Waals surface area contributed by atoms with Gasteiger partial charge >= 0.3 is 0 Å². The van der Waals surface area contributed by atoms with E-state index in [0.29, 0.717) is 11.8 Å². The summed E-state index contributed by atoms with van der Waals surface area (Å²) in [6.07, 6.45) is 6.37. The first-order chi connectivity index (χ1) is 8.70. The van der Waals surface area contributed by atoms with Crippen LogP contribution in [0, 0.1) is 6.92 Å². The first-order valence-electron chi connectivity index (χ1n) is 6.09. The van der Waals surface area contributed by atoms with E-state index in [4.69, 9.17) is 0 Å². The maximum atomic E-state index is 12.1. The quantitative estimate of drug-likeness (QED) is 0.615. The lowest BCUT2D eigenvalue weighted by atomic mass is 10.1. The number of rotatable bonds is 5. The number of hydrogen-bond acceptors (Lipinski definition) is 5. The summed E-state index contributed by atoms with van der Waals surface area (Å²) in [5.41, 5.74) is 0. The fourth-order valence-corrected chi connectivity index (χ4v) is 3.65. The number of aromatic nitrogens is 2. The minimum Gasteiger partial charge on any atom is -0.332 e. The molecule has 1 aliphatic rings. The van der Waals surface area contributed by atoms with Crippen molar-refractivity contribution in [3.05, 3.63) is 17.2 Å². The molecule has 1 aromatic heterocycles. The van der Waals surface area contributed by atoms with Crippen LogP contribution in [0.1, 0.15) is 24.8 Å². The number of thioether (sulfide) groups is 1. The Balaban J connectivity index is 1.84. The molecule has 0 radical (unpaired) electrons. The fraction of sp³-hybridized carbons (Fsp3) is 0.583. The van der Waals surface area contributed by atoms with Crippen LogP contribution in [0.15, 0.2) is 16.5 Å². The van der Waals surface area contributed by atoms with Crippen LogP contribution in [0.25, 0.3) is 0 Å². The lowest BCUT2D eigenvalue weighted by molar-refractivity contribution is -0.128. The van der Waals surface area contributed by atoms with Crippen LogP contribution in [-0.2, 0) is 4.79 Å². The Morgan fingerprint density at radius 2 is 2.44 bits per heavy atom. The van der Waals surface area contributed by atoms with Gasteiger partial charge in [0.1, 0.15) is 5.01 Å². The third-order valence-corrected chi connectivity index (χ3v) is 4.75. The second kappa shape index (κ2) is 6.33. The van der Waals surface area contributed by atoms with Crippen molar-refractivity contribution in [2.75, 3.05) is 12.3 Å². The third kappa shape index (κ3) is 3.32. The normalized spacial score (nSPS) is 18.6. The Hall–Kier alpha value is -0.880. The average molecular weight is 283 g/mol. The van der Waals surface area contributed by atoms with Gasteiger partial charge in [0, 0.05) is 6.54 Å². The van der Waals surface area contributed by atoms with Crippen molar-refractivity contribution >= 4 is 29.0 Å². The summed E-state index contributed by atoms with van der Waals surface area (Å²) < 4.78 is 0.875. The van der Waals surface area contributed by atoms with Gasteiger partial charge in [-0.05, 0) is 13.3 Å². The number of aryl methyl sites for hydroxylation is 1. The van der Waals surface area contributed by atoms with E-state index in [2.05, 4.69) is 29.3 Å². The van der Waals surface area contributed by atoms with Crippen LogP contribution >= 0.6 is 23.1 Å². The van der Waals surface area contributed by atoms with E-state index in [1.54, 1.807) is 0 Å². The molecule has 0 saturated heterocycles.